The zero-order chi connectivity index (χ0) is 7.56. The molecule has 0 aliphatic heterocycles. The summed E-state index contributed by atoms with van der Waals surface area (Å²) in [5.41, 5.74) is 0. The molecule has 0 bridgehead atoms. The molecule has 0 aromatic carbocycles. The SMILES string of the molecule is COC(=O)C1CC1CCCl. The first-order valence-electron chi connectivity index (χ1n) is 3.43. The minimum Gasteiger partial charge on any atom is -0.469 e. The van der Waals surface area contributed by atoms with Gasteiger partial charge in [0.15, 0.2) is 0 Å². The maximum absolute atomic E-state index is 10.8. The summed E-state index contributed by atoms with van der Waals surface area (Å²) in [6.07, 6.45) is 1.92. The smallest absolute Gasteiger partial charge is 0.308 e. The number of carbonyl (C=O) groups is 1. The lowest BCUT2D eigenvalue weighted by molar-refractivity contribution is -0.142. The van der Waals surface area contributed by atoms with Crippen LogP contribution < -0.4 is 0 Å². The minimum atomic E-state index is -0.0740. The highest BCUT2D eigenvalue weighted by Gasteiger charge is 2.42. The van der Waals surface area contributed by atoms with Gasteiger partial charge >= 0.3 is 5.97 Å². The van der Waals surface area contributed by atoms with E-state index in [1.807, 2.05) is 0 Å². The Morgan fingerprint density at radius 3 is 3.00 bits per heavy atom. The molecule has 0 spiro atoms. The molecule has 0 aromatic rings. The number of ether oxygens (including phenoxy) is 1. The maximum atomic E-state index is 10.8. The van der Waals surface area contributed by atoms with Crippen LogP contribution in [-0.2, 0) is 9.53 Å². The van der Waals surface area contributed by atoms with E-state index in [-0.39, 0.29) is 11.9 Å². The fourth-order valence-electron chi connectivity index (χ4n) is 1.15. The van der Waals surface area contributed by atoms with E-state index in [9.17, 15) is 4.79 Å². The molecule has 0 N–H and O–H groups in total. The molecular weight excluding hydrogens is 152 g/mol. The summed E-state index contributed by atoms with van der Waals surface area (Å²) in [5.74, 6) is 1.24. The Hall–Kier alpha value is -0.240. The summed E-state index contributed by atoms with van der Waals surface area (Å²) in [4.78, 5) is 10.8. The van der Waals surface area contributed by atoms with Crippen molar-refractivity contribution < 1.29 is 9.53 Å². The Morgan fingerprint density at radius 1 is 1.80 bits per heavy atom. The normalized spacial score (nSPS) is 29.8. The van der Waals surface area contributed by atoms with Gasteiger partial charge in [-0.2, -0.15) is 0 Å². The molecule has 1 fully saturated rings. The van der Waals surface area contributed by atoms with Gasteiger partial charge in [-0.15, -0.1) is 11.6 Å². The van der Waals surface area contributed by atoms with Gasteiger partial charge in [-0.1, -0.05) is 0 Å². The first kappa shape index (κ1) is 7.86. The van der Waals surface area contributed by atoms with Crippen molar-refractivity contribution in [2.24, 2.45) is 11.8 Å². The van der Waals surface area contributed by atoms with Crippen molar-refractivity contribution in [3.05, 3.63) is 0 Å². The first-order chi connectivity index (χ1) is 4.79. The Morgan fingerprint density at radius 2 is 2.50 bits per heavy atom. The fourth-order valence-corrected chi connectivity index (χ4v) is 1.43. The van der Waals surface area contributed by atoms with E-state index in [0.29, 0.717) is 11.8 Å². The molecule has 10 heavy (non-hydrogen) atoms. The van der Waals surface area contributed by atoms with Gasteiger partial charge in [0, 0.05) is 5.88 Å². The van der Waals surface area contributed by atoms with Gasteiger partial charge in [0.2, 0.25) is 0 Å². The highest BCUT2D eigenvalue weighted by atomic mass is 35.5. The standard InChI is InChI=1S/C7H11ClO2/c1-10-7(9)6-4-5(6)2-3-8/h5-6H,2-4H2,1H3. The second kappa shape index (κ2) is 3.24. The molecule has 0 radical (unpaired) electrons. The van der Waals surface area contributed by atoms with Crippen LogP contribution in [0.5, 0.6) is 0 Å². The number of esters is 1. The molecule has 0 saturated heterocycles. The van der Waals surface area contributed by atoms with Gasteiger partial charge < -0.3 is 4.74 Å². The number of hydrogen-bond acceptors (Lipinski definition) is 2. The van der Waals surface area contributed by atoms with Gasteiger partial charge in [-0.3, -0.25) is 4.79 Å². The number of halogens is 1. The van der Waals surface area contributed by atoms with Crippen LogP contribution in [0.4, 0.5) is 0 Å². The summed E-state index contributed by atoms with van der Waals surface area (Å²) in [6.45, 7) is 0. The quantitative estimate of drug-likeness (QED) is 0.464. The molecule has 1 aliphatic carbocycles. The predicted molar refractivity (Wildman–Crippen MR) is 39.0 cm³/mol. The van der Waals surface area contributed by atoms with Crippen molar-refractivity contribution >= 4 is 17.6 Å². The fraction of sp³-hybridized carbons (Fsp3) is 0.857. The second-order valence-electron chi connectivity index (χ2n) is 2.60. The van der Waals surface area contributed by atoms with E-state index in [0.717, 1.165) is 12.8 Å². The Bertz CT molecular complexity index is 136. The Labute approximate surface area is 65.5 Å². The first-order valence-corrected chi connectivity index (χ1v) is 3.97. The van der Waals surface area contributed by atoms with Crippen LogP contribution in [0.1, 0.15) is 12.8 Å². The molecule has 58 valence electrons. The molecule has 0 aromatic heterocycles. The zero-order valence-corrected chi connectivity index (χ0v) is 6.73. The predicted octanol–water partition coefficient (Wildman–Crippen LogP) is 1.42. The number of rotatable bonds is 3. The molecule has 2 nitrogen and oxygen atoms in total. The lowest BCUT2D eigenvalue weighted by Gasteiger charge is -1.94. The minimum absolute atomic E-state index is 0.0740. The second-order valence-corrected chi connectivity index (χ2v) is 2.98. The van der Waals surface area contributed by atoms with Gasteiger partial charge in [0.1, 0.15) is 0 Å². The number of hydrogen-bond donors (Lipinski definition) is 0. The van der Waals surface area contributed by atoms with Crippen molar-refractivity contribution in [1.82, 2.24) is 0 Å². The molecule has 2 atom stereocenters. The lowest BCUT2D eigenvalue weighted by Crippen LogP contribution is -2.04. The van der Waals surface area contributed by atoms with Crippen LogP contribution in [-0.4, -0.2) is 19.0 Å². The average molecular weight is 163 g/mol. The third-order valence-electron chi connectivity index (χ3n) is 1.91. The number of methoxy groups -OCH3 is 1. The van der Waals surface area contributed by atoms with Crippen molar-refractivity contribution in [3.63, 3.8) is 0 Å². The summed E-state index contributed by atoms with van der Waals surface area (Å²) in [5, 5.41) is 0. The highest BCUT2D eigenvalue weighted by Crippen LogP contribution is 2.41. The maximum Gasteiger partial charge on any atom is 0.308 e. The summed E-state index contributed by atoms with van der Waals surface area (Å²) >= 11 is 5.50. The van der Waals surface area contributed by atoms with Crippen molar-refractivity contribution in [1.29, 1.82) is 0 Å². The monoisotopic (exact) mass is 162 g/mol. The van der Waals surface area contributed by atoms with E-state index in [1.165, 1.54) is 7.11 Å². The zero-order valence-electron chi connectivity index (χ0n) is 5.97. The van der Waals surface area contributed by atoms with Gasteiger partial charge in [-0.25, -0.2) is 0 Å². The molecular formula is C7H11ClO2. The van der Waals surface area contributed by atoms with Crippen LogP contribution in [0.3, 0.4) is 0 Å². The largest absolute Gasteiger partial charge is 0.469 e. The Kier molecular flexibility index (Phi) is 2.55. The van der Waals surface area contributed by atoms with Crippen LogP contribution >= 0.6 is 11.6 Å². The molecule has 1 rings (SSSR count). The van der Waals surface area contributed by atoms with Gasteiger partial charge in [0.05, 0.1) is 13.0 Å². The summed E-state index contributed by atoms with van der Waals surface area (Å²) in [6, 6.07) is 0. The summed E-state index contributed by atoms with van der Waals surface area (Å²) < 4.78 is 4.57. The van der Waals surface area contributed by atoms with Gasteiger partial charge in [0.25, 0.3) is 0 Å². The molecule has 1 aliphatic rings. The van der Waals surface area contributed by atoms with E-state index >= 15 is 0 Å². The number of alkyl halides is 1. The van der Waals surface area contributed by atoms with Crippen molar-refractivity contribution in [3.8, 4) is 0 Å². The highest BCUT2D eigenvalue weighted by molar-refractivity contribution is 6.17. The molecule has 2 unspecified atom stereocenters. The van der Waals surface area contributed by atoms with E-state index in [2.05, 4.69) is 4.74 Å². The van der Waals surface area contributed by atoms with Crippen LogP contribution in [0, 0.1) is 11.8 Å². The third-order valence-corrected chi connectivity index (χ3v) is 2.12. The van der Waals surface area contributed by atoms with E-state index in [1.54, 1.807) is 0 Å². The van der Waals surface area contributed by atoms with E-state index < -0.39 is 0 Å². The molecule has 0 amide bonds. The lowest BCUT2D eigenvalue weighted by atomic mass is 10.2. The van der Waals surface area contributed by atoms with Crippen molar-refractivity contribution in [2.45, 2.75) is 12.8 Å². The molecule has 1 saturated carbocycles. The number of carbonyl (C=O) groups excluding carboxylic acids is 1. The van der Waals surface area contributed by atoms with Crippen LogP contribution in [0.25, 0.3) is 0 Å². The summed E-state index contributed by atoms with van der Waals surface area (Å²) in [7, 11) is 1.43. The topological polar surface area (TPSA) is 26.3 Å². The third kappa shape index (κ3) is 1.63. The van der Waals surface area contributed by atoms with Crippen LogP contribution in [0.15, 0.2) is 0 Å². The van der Waals surface area contributed by atoms with Gasteiger partial charge in [-0.05, 0) is 18.8 Å². The van der Waals surface area contributed by atoms with E-state index in [4.69, 9.17) is 11.6 Å². The Balaban J connectivity index is 2.18. The average Bonchev–Trinajstić information content (AvgIpc) is 2.67. The molecule has 0 heterocycles. The molecule has 3 heteroatoms. The van der Waals surface area contributed by atoms with Crippen LogP contribution in [0.2, 0.25) is 0 Å². The van der Waals surface area contributed by atoms with Crippen molar-refractivity contribution in [2.75, 3.05) is 13.0 Å².